The Labute approximate surface area is 125 Å². The molecule has 0 saturated carbocycles. The summed E-state index contributed by atoms with van der Waals surface area (Å²) in [4.78, 5) is 1.55. The van der Waals surface area contributed by atoms with Crippen LogP contribution in [0.4, 0.5) is 5.82 Å². The highest BCUT2D eigenvalue weighted by Gasteiger charge is 2.23. The lowest BCUT2D eigenvalue weighted by molar-refractivity contribution is 0.604. The van der Waals surface area contributed by atoms with E-state index in [2.05, 4.69) is 52.1 Å². The molecular weight excluding hydrogens is 357 g/mol. The first kappa shape index (κ1) is 12.5. The number of nitrogens with one attached hydrogen (secondary N) is 1. The molecule has 1 aliphatic rings. The number of nitrogens with zero attached hydrogens (tertiary/aromatic N) is 2. The van der Waals surface area contributed by atoms with Gasteiger partial charge in [-0.3, -0.25) is 4.68 Å². The predicted molar refractivity (Wildman–Crippen MR) is 84.3 cm³/mol. The van der Waals surface area contributed by atoms with Crippen LogP contribution in [0, 0.1) is 9.81 Å². The van der Waals surface area contributed by atoms with Crippen LogP contribution in [0.3, 0.4) is 0 Å². The molecule has 1 atom stereocenters. The standard InChI is InChI=1S/C13H16IN3S/c1-8-6-13(16-17(8)2)15-10-4-3-5-11-9(10)7-12(14)18-11/h6-7,10H,3-5H2,1-2H3,(H,15,16). The molecule has 1 N–H and O–H groups in total. The van der Waals surface area contributed by atoms with Crippen molar-refractivity contribution < 1.29 is 0 Å². The van der Waals surface area contributed by atoms with E-state index in [0.29, 0.717) is 6.04 Å². The second-order valence-electron chi connectivity index (χ2n) is 4.81. The summed E-state index contributed by atoms with van der Waals surface area (Å²) in [6.07, 6.45) is 3.71. The molecule has 1 unspecified atom stereocenters. The molecule has 0 radical (unpaired) electrons. The maximum Gasteiger partial charge on any atom is 0.148 e. The topological polar surface area (TPSA) is 29.9 Å². The summed E-state index contributed by atoms with van der Waals surface area (Å²) in [7, 11) is 1.99. The average Bonchev–Trinajstić information content (AvgIpc) is 2.83. The second kappa shape index (κ2) is 4.85. The third kappa shape index (κ3) is 2.30. The van der Waals surface area contributed by atoms with Crippen LogP contribution in [-0.4, -0.2) is 9.78 Å². The zero-order valence-corrected chi connectivity index (χ0v) is 13.5. The van der Waals surface area contributed by atoms with E-state index in [1.807, 2.05) is 23.1 Å². The van der Waals surface area contributed by atoms with Gasteiger partial charge in [0.2, 0.25) is 0 Å². The van der Waals surface area contributed by atoms with Crippen molar-refractivity contribution in [3.05, 3.63) is 31.2 Å². The number of hydrogen-bond donors (Lipinski definition) is 1. The minimum Gasteiger partial charge on any atom is -0.362 e. The van der Waals surface area contributed by atoms with E-state index >= 15 is 0 Å². The molecule has 0 spiro atoms. The summed E-state index contributed by atoms with van der Waals surface area (Å²) < 4.78 is 3.31. The van der Waals surface area contributed by atoms with Crippen molar-refractivity contribution in [3.8, 4) is 0 Å². The Balaban J connectivity index is 1.85. The van der Waals surface area contributed by atoms with Crippen molar-refractivity contribution in [2.24, 2.45) is 7.05 Å². The van der Waals surface area contributed by atoms with Crippen molar-refractivity contribution >= 4 is 39.7 Å². The maximum atomic E-state index is 4.49. The summed E-state index contributed by atoms with van der Waals surface area (Å²) >= 11 is 4.36. The number of rotatable bonds is 2. The Hall–Kier alpha value is -0.560. The number of aromatic nitrogens is 2. The number of halogens is 1. The molecule has 0 aliphatic heterocycles. The Bertz CT molecular complexity index is 553. The Kier molecular flexibility index (Phi) is 3.36. The van der Waals surface area contributed by atoms with Crippen molar-refractivity contribution in [3.63, 3.8) is 0 Å². The van der Waals surface area contributed by atoms with Crippen LogP contribution < -0.4 is 5.32 Å². The van der Waals surface area contributed by atoms with Crippen LogP contribution in [0.2, 0.25) is 0 Å². The summed E-state index contributed by atoms with van der Waals surface area (Å²) in [6, 6.07) is 4.88. The van der Waals surface area contributed by atoms with Gasteiger partial charge < -0.3 is 5.32 Å². The summed E-state index contributed by atoms with van der Waals surface area (Å²) in [6.45, 7) is 2.08. The monoisotopic (exact) mass is 373 g/mol. The van der Waals surface area contributed by atoms with Gasteiger partial charge in [-0.25, -0.2) is 0 Å². The van der Waals surface area contributed by atoms with Crippen LogP contribution in [0.25, 0.3) is 0 Å². The molecule has 5 heteroatoms. The van der Waals surface area contributed by atoms with E-state index in [-0.39, 0.29) is 0 Å². The van der Waals surface area contributed by atoms with Crippen LogP contribution in [0.15, 0.2) is 12.1 Å². The van der Waals surface area contributed by atoms with Crippen LogP contribution >= 0.6 is 33.9 Å². The van der Waals surface area contributed by atoms with E-state index in [9.17, 15) is 0 Å². The van der Waals surface area contributed by atoms with Crippen molar-refractivity contribution in [2.75, 3.05) is 5.32 Å². The largest absolute Gasteiger partial charge is 0.362 e. The summed E-state index contributed by atoms with van der Waals surface area (Å²) in [5.41, 5.74) is 2.67. The van der Waals surface area contributed by atoms with Crippen molar-refractivity contribution in [2.45, 2.75) is 32.2 Å². The Morgan fingerprint density at radius 1 is 1.50 bits per heavy atom. The Morgan fingerprint density at radius 2 is 2.33 bits per heavy atom. The third-order valence-corrected chi connectivity index (χ3v) is 5.49. The first-order valence-corrected chi connectivity index (χ1v) is 8.08. The fraction of sp³-hybridized carbons (Fsp3) is 0.462. The Morgan fingerprint density at radius 3 is 3.06 bits per heavy atom. The van der Waals surface area contributed by atoms with Crippen LogP contribution in [-0.2, 0) is 13.5 Å². The van der Waals surface area contributed by atoms with Gasteiger partial charge in [0.25, 0.3) is 0 Å². The molecule has 2 heterocycles. The molecule has 0 bridgehead atoms. The number of anilines is 1. The van der Waals surface area contributed by atoms with Gasteiger partial charge in [-0.2, -0.15) is 5.10 Å². The quantitative estimate of drug-likeness (QED) is 0.810. The molecule has 0 aromatic carbocycles. The average molecular weight is 373 g/mol. The lowest BCUT2D eigenvalue weighted by atomic mass is 9.94. The smallest absolute Gasteiger partial charge is 0.148 e. The van der Waals surface area contributed by atoms with Crippen molar-refractivity contribution in [1.82, 2.24) is 9.78 Å². The first-order valence-electron chi connectivity index (χ1n) is 6.19. The number of hydrogen-bond acceptors (Lipinski definition) is 3. The maximum absolute atomic E-state index is 4.49. The molecule has 2 aromatic rings. The van der Waals surface area contributed by atoms with Crippen LogP contribution in [0.5, 0.6) is 0 Å². The van der Waals surface area contributed by atoms with E-state index < -0.39 is 0 Å². The molecule has 0 saturated heterocycles. The minimum absolute atomic E-state index is 0.433. The van der Waals surface area contributed by atoms with Gasteiger partial charge >= 0.3 is 0 Å². The zero-order chi connectivity index (χ0) is 12.7. The molecule has 0 fully saturated rings. The lowest BCUT2D eigenvalue weighted by Crippen LogP contribution is -2.16. The van der Waals surface area contributed by atoms with Crippen molar-refractivity contribution in [1.29, 1.82) is 0 Å². The number of aryl methyl sites for hydroxylation is 3. The molecule has 3 rings (SSSR count). The molecule has 18 heavy (non-hydrogen) atoms. The van der Waals surface area contributed by atoms with Gasteiger partial charge in [-0.1, -0.05) is 0 Å². The highest BCUT2D eigenvalue weighted by Crippen LogP contribution is 2.37. The van der Waals surface area contributed by atoms with Gasteiger partial charge in [-0.05, 0) is 60.4 Å². The predicted octanol–water partition coefficient (Wildman–Crippen LogP) is 3.88. The lowest BCUT2D eigenvalue weighted by Gasteiger charge is -2.23. The highest BCUT2D eigenvalue weighted by atomic mass is 127. The van der Waals surface area contributed by atoms with E-state index in [1.165, 1.54) is 33.4 Å². The normalized spacial score (nSPS) is 18.7. The van der Waals surface area contributed by atoms with Gasteiger partial charge in [-0.15, -0.1) is 11.3 Å². The van der Waals surface area contributed by atoms with Gasteiger partial charge in [0.1, 0.15) is 5.82 Å². The van der Waals surface area contributed by atoms with Gasteiger partial charge in [0.15, 0.2) is 0 Å². The number of thiophene rings is 1. The third-order valence-electron chi connectivity index (χ3n) is 3.52. The van der Waals surface area contributed by atoms with Gasteiger partial charge in [0.05, 0.1) is 8.93 Å². The molecular formula is C13H16IN3S. The minimum atomic E-state index is 0.433. The molecule has 2 aromatic heterocycles. The van der Waals surface area contributed by atoms with E-state index in [0.717, 1.165) is 5.82 Å². The van der Waals surface area contributed by atoms with Gasteiger partial charge in [0, 0.05) is 23.7 Å². The highest BCUT2D eigenvalue weighted by molar-refractivity contribution is 14.1. The number of fused-ring (bicyclic) bond motifs is 1. The zero-order valence-electron chi connectivity index (χ0n) is 10.5. The fourth-order valence-corrected chi connectivity index (χ4v) is 4.60. The van der Waals surface area contributed by atoms with Crippen LogP contribution in [0.1, 0.15) is 35.0 Å². The SMILES string of the molecule is Cc1cc(NC2CCCc3sc(I)cc32)nn1C. The molecule has 3 nitrogen and oxygen atoms in total. The van der Waals surface area contributed by atoms with E-state index in [1.54, 1.807) is 4.88 Å². The molecule has 1 aliphatic carbocycles. The first-order chi connectivity index (χ1) is 8.63. The van der Waals surface area contributed by atoms with E-state index in [4.69, 9.17) is 0 Å². The summed E-state index contributed by atoms with van der Waals surface area (Å²) in [5, 5.41) is 8.07. The fourth-order valence-electron chi connectivity index (χ4n) is 2.48. The summed E-state index contributed by atoms with van der Waals surface area (Å²) in [5.74, 6) is 0.994. The second-order valence-corrected chi connectivity index (χ2v) is 7.84. The molecule has 96 valence electrons. The molecule has 0 amide bonds.